The third-order valence-electron chi connectivity index (χ3n) is 2.75. The van der Waals surface area contributed by atoms with Crippen LogP contribution in [0.2, 0.25) is 0 Å². The van der Waals surface area contributed by atoms with Crippen molar-refractivity contribution in [2.24, 2.45) is 5.73 Å². The molecule has 0 radical (unpaired) electrons. The Kier molecular flexibility index (Phi) is 4.12. The molecule has 0 saturated carbocycles. The standard InChI is InChI=1S/C15H15F2NO/c1-10(18)14-8-13(17)5-6-15(14)19-9-11-3-2-4-12(16)7-11/h2-8,10H,9,18H2,1H3/t10-/m1/s1. The topological polar surface area (TPSA) is 35.2 Å². The maximum atomic E-state index is 13.2. The van der Waals surface area contributed by atoms with Crippen LogP contribution >= 0.6 is 0 Å². The van der Waals surface area contributed by atoms with Gasteiger partial charge in [-0.05, 0) is 42.8 Å². The summed E-state index contributed by atoms with van der Waals surface area (Å²) in [5, 5.41) is 0. The summed E-state index contributed by atoms with van der Waals surface area (Å²) < 4.78 is 31.8. The van der Waals surface area contributed by atoms with E-state index in [-0.39, 0.29) is 24.3 Å². The van der Waals surface area contributed by atoms with Crippen LogP contribution in [0.15, 0.2) is 42.5 Å². The van der Waals surface area contributed by atoms with Crippen LogP contribution in [0.4, 0.5) is 8.78 Å². The van der Waals surface area contributed by atoms with E-state index in [2.05, 4.69) is 0 Å². The second kappa shape index (κ2) is 5.80. The third kappa shape index (κ3) is 3.51. The average Bonchev–Trinajstić information content (AvgIpc) is 2.37. The molecule has 2 aromatic carbocycles. The highest BCUT2D eigenvalue weighted by Gasteiger charge is 2.10. The predicted molar refractivity (Wildman–Crippen MR) is 69.7 cm³/mol. The molecule has 0 aliphatic carbocycles. The Labute approximate surface area is 110 Å². The minimum atomic E-state index is -0.356. The maximum Gasteiger partial charge on any atom is 0.124 e. The monoisotopic (exact) mass is 263 g/mol. The van der Waals surface area contributed by atoms with Crippen LogP contribution < -0.4 is 10.5 Å². The molecule has 0 unspecified atom stereocenters. The van der Waals surface area contributed by atoms with E-state index in [4.69, 9.17) is 10.5 Å². The van der Waals surface area contributed by atoms with E-state index in [1.54, 1.807) is 19.1 Å². The zero-order valence-electron chi connectivity index (χ0n) is 10.6. The molecule has 2 N–H and O–H groups in total. The quantitative estimate of drug-likeness (QED) is 0.915. The van der Waals surface area contributed by atoms with Gasteiger partial charge in [-0.2, -0.15) is 0 Å². The molecule has 2 rings (SSSR count). The van der Waals surface area contributed by atoms with Crippen LogP contribution in [0, 0.1) is 11.6 Å². The highest BCUT2D eigenvalue weighted by Crippen LogP contribution is 2.25. The number of hydrogen-bond acceptors (Lipinski definition) is 2. The lowest BCUT2D eigenvalue weighted by molar-refractivity contribution is 0.300. The molecule has 0 aromatic heterocycles. The first-order chi connectivity index (χ1) is 9.06. The van der Waals surface area contributed by atoms with Crippen molar-refractivity contribution in [2.75, 3.05) is 0 Å². The van der Waals surface area contributed by atoms with Gasteiger partial charge in [0.05, 0.1) is 0 Å². The molecule has 0 aliphatic heterocycles. The minimum absolute atomic E-state index is 0.211. The van der Waals surface area contributed by atoms with Crippen molar-refractivity contribution in [3.05, 3.63) is 65.2 Å². The number of rotatable bonds is 4. The molecule has 0 amide bonds. The first-order valence-corrected chi connectivity index (χ1v) is 5.98. The largest absolute Gasteiger partial charge is 0.489 e. The van der Waals surface area contributed by atoms with Crippen molar-refractivity contribution >= 4 is 0 Å². The van der Waals surface area contributed by atoms with Gasteiger partial charge in [0.15, 0.2) is 0 Å². The van der Waals surface area contributed by atoms with Crippen molar-refractivity contribution in [2.45, 2.75) is 19.6 Å². The smallest absolute Gasteiger partial charge is 0.124 e. The molecule has 0 saturated heterocycles. The lowest BCUT2D eigenvalue weighted by Gasteiger charge is -2.14. The average molecular weight is 263 g/mol. The molecule has 19 heavy (non-hydrogen) atoms. The third-order valence-corrected chi connectivity index (χ3v) is 2.75. The van der Waals surface area contributed by atoms with Crippen molar-refractivity contribution in [3.63, 3.8) is 0 Å². The molecule has 0 bridgehead atoms. The van der Waals surface area contributed by atoms with Crippen LogP contribution in [0.25, 0.3) is 0 Å². The van der Waals surface area contributed by atoms with E-state index in [9.17, 15) is 8.78 Å². The Morgan fingerprint density at radius 1 is 1.11 bits per heavy atom. The number of hydrogen-bond donors (Lipinski definition) is 1. The summed E-state index contributed by atoms with van der Waals surface area (Å²) in [6.45, 7) is 1.97. The zero-order chi connectivity index (χ0) is 13.8. The molecule has 100 valence electrons. The number of ether oxygens (including phenoxy) is 1. The summed E-state index contributed by atoms with van der Waals surface area (Å²) in [4.78, 5) is 0. The number of halogens is 2. The second-order valence-electron chi connectivity index (χ2n) is 4.39. The van der Waals surface area contributed by atoms with Crippen LogP contribution in [-0.2, 0) is 6.61 Å². The maximum absolute atomic E-state index is 13.2. The Morgan fingerprint density at radius 2 is 1.84 bits per heavy atom. The molecule has 2 aromatic rings. The lowest BCUT2D eigenvalue weighted by atomic mass is 10.1. The lowest BCUT2D eigenvalue weighted by Crippen LogP contribution is -2.08. The van der Waals surface area contributed by atoms with Gasteiger partial charge < -0.3 is 10.5 Å². The molecule has 0 fully saturated rings. The van der Waals surface area contributed by atoms with Crippen molar-refractivity contribution in [1.29, 1.82) is 0 Å². The zero-order valence-corrected chi connectivity index (χ0v) is 10.6. The summed E-state index contributed by atoms with van der Waals surface area (Å²) in [6.07, 6.45) is 0. The van der Waals surface area contributed by atoms with Gasteiger partial charge >= 0.3 is 0 Å². The van der Waals surface area contributed by atoms with Crippen LogP contribution in [0.5, 0.6) is 5.75 Å². The highest BCUT2D eigenvalue weighted by atomic mass is 19.1. The van der Waals surface area contributed by atoms with Gasteiger partial charge in [-0.1, -0.05) is 12.1 Å². The SMILES string of the molecule is C[C@@H](N)c1cc(F)ccc1OCc1cccc(F)c1. The van der Waals surface area contributed by atoms with E-state index >= 15 is 0 Å². The summed E-state index contributed by atoms with van der Waals surface area (Å²) in [5.74, 6) is -0.154. The molecule has 0 spiro atoms. The van der Waals surface area contributed by atoms with E-state index in [0.29, 0.717) is 16.9 Å². The molecule has 1 atom stereocenters. The van der Waals surface area contributed by atoms with Gasteiger partial charge in [0, 0.05) is 11.6 Å². The fourth-order valence-electron chi connectivity index (χ4n) is 1.79. The minimum Gasteiger partial charge on any atom is -0.489 e. The van der Waals surface area contributed by atoms with E-state index in [1.165, 1.54) is 30.3 Å². The summed E-state index contributed by atoms with van der Waals surface area (Å²) in [7, 11) is 0. The normalized spacial score (nSPS) is 12.2. The van der Waals surface area contributed by atoms with E-state index < -0.39 is 0 Å². The van der Waals surface area contributed by atoms with Crippen molar-refractivity contribution in [1.82, 2.24) is 0 Å². The number of nitrogens with two attached hydrogens (primary N) is 1. The summed E-state index contributed by atoms with van der Waals surface area (Å²) in [5.41, 5.74) is 7.07. The Balaban J connectivity index is 2.15. The molecular weight excluding hydrogens is 248 g/mol. The van der Waals surface area contributed by atoms with Gasteiger partial charge in [-0.25, -0.2) is 8.78 Å². The molecule has 2 nitrogen and oxygen atoms in total. The van der Waals surface area contributed by atoms with Gasteiger partial charge in [0.1, 0.15) is 24.0 Å². The Bertz CT molecular complexity index is 570. The summed E-state index contributed by atoms with van der Waals surface area (Å²) >= 11 is 0. The van der Waals surface area contributed by atoms with E-state index in [1.807, 2.05) is 0 Å². The Hall–Kier alpha value is -1.94. The van der Waals surface area contributed by atoms with Crippen LogP contribution in [0.3, 0.4) is 0 Å². The van der Waals surface area contributed by atoms with Gasteiger partial charge in [-0.15, -0.1) is 0 Å². The fraction of sp³-hybridized carbons (Fsp3) is 0.200. The van der Waals surface area contributed by atoms with Crippen molar-refractivity contribution < 1.29 is 13.5 Å². The predicted octanol–water partition coefficient (Wildman–Crippen LogP) is 3.56. The first kappa shape index (κ1) is 13.5. The first-order valence-electron chi connectivity index (χ1n) is 5.98. The molecular formula is C15H15F2NO. The highest BCUT2D eigenvalue weighted by molar-refractivity contribution is 5.36. The molecule has 0 aliphatic rings. The molecule has 4 heteroatoms. The van der Waals surface area contributed by atoms with E-state index in [0.717, 1.165) is 0 Å². The summed E-state index contributed by atoms with van der Waals surface area (Å²) in [6, 6.07) is 10.0. The van der Waals surface area contributed by atoms with Gasteiger partial charge in [0.25, 0.3) is 0 Å². The van der Waals surface area contributed by atoms with Crippen LogP contribution in [-0.4, -0.2) is 0 Å². The Morgan fingerprint density at radius 3 is 2.53 bits per heavy atom. The second-order valence-corrected chi connectivity index (χ2v) is 4.39. The van der Waals surface area contributed by atoms with Gasteiger partial charge in [0.2, 0.25) is 0 Å². The van der Waals surface area contributed by atoms with Crippen LogP contribution in [0.1, 0.15) is 24.1 Å². The number of benzene rings is 2. The van der Waals surface area contributed by atoms with Gasteiger partial charge in [-0.3, -0.25) is 0 Å². The molecule has 0 heterocycles. The fourth-order valence-corrected chi connectivity index (χ4v) is 1.79. The van der Waals surface area contributed by atoms with Crippen molar-refractivity contribution in [3.8, 4) is 5.75 Å².